The van der Waals surface area contributed by atoms with Crippen molar-refractivity contribution in [1.29, 1.82) is 0 Å². The van der Waals surface area contributed by atoms with E-state index in [1.807, 2.05) is 30.9 Å². The third-order valence-corrected chi connectivity index (χ3v) is 9.32. The summed E-state index contributed by atoms with van der Waals surface area (Å²) in [5.41, 5.74) is 6.79. The number of ether oxygens (including phenoxy) is 1. The Morgan fingerprint density at radius 2 is 1.67 bits per heavy atom. The van der Waals surface area contributed by atoms with E-state index in [0.717, 1.165) is 18.4 Å². The number of hydrogen-bond acceptors (Lipinski definition) is 7. The number of rotatable bonds is 16. The minimum absolute atomic E-state index is 0.00644. The molecule has 2 unspecified atom stereocenters. The third-order valence-electron chi connectivity index (χ3n) is 8.67. The van der Waals surface area contributed by atoms with Crippen LogP contribution < -0.4 is 21.7 Å². The molecule has 2 heterocycles. The first-order valence-corrected chi connectivity index (χ1v) is 16.8. The van der Waals surface area contributed by atoms with Gasteiger partial charge in [-0.15, -0.1) is 0 Å². The molecule has 0 saturated carbocycles. The molecule has 0 spiro atoms. The summed E-state index contributed by atoms with van der Waals surface area (Å²) in [6, 6.07) is 5.77. The normalized spacial score (nSPS) is 20.2. The van der Waals surface area contributed by atoms with E-state index in [-0.39, 0.29) is 73.3 Å². The Bertz CT molecular complexity index is 1210. The number of nitrogens with zero attached hydrogens (tertiary/aromatic N) is 1. The number of halogens is 1. The Hall–Kier alpha value is -3.48. The number of methoxy groups -OCH3 is 1. The van der Waals surface area contributed by atoms with Gasteiger partial charge in [0.15, 0.2) is 5.78 Å². The van der Waals surface area contributed by atoms with E-state index in [9.17, 15) is 28.8 Å². The second kappa shape index (κ2) is 17.3. The standard InChI is InChI=1S/C32H46BrN5O7/c1-19(2)29(37-27(40)12-13-28(41)38-24-10-11-25(38)16-22(15-24)31(43)45-3)26(39)17-21(5-4-14-35-32(34)44)30(42)36-23-8-6-20(18-33)7-9-23/h6-9,19,21-22,24-25,29H,4-5,10-18H2,1-3H3,(H,36,42)(H,37,40)(H3,34,35,44)/t21-,22?,24?,25?,29+/m1/s1. The molecule has 0 aliphatic carbocycles. The summed E-state index contributed by atoms with van der Waals surface area (Å²) in [7, 11) is 1.37. The van der Waals surface area contributed by atoms with Crippen molar-refractivity contribution in [1.82, 2.24) is 15.5 Å². The number of fused-ring (bicyclic) bond motifs is 2. The fourth-order valence-electron chi connectivity index (χ4n) is 6.33. The van der Waals surface area contributed by atoms with Crippen LogP contribution in [-0.4, -0.2) is 72.2 Å². The molecule has 4 atom stereocenters. The topological polar surface area (TPSA) is 177 Å². The zero-order valence-electron chi connectivity index (χ0n) is 26.3. The van der Waals surface area contributed by atoms with Crippen molar-refractivity contribution in [3.05, 3.63) is 29.8 Å². The van der Waals surface area contributed by atoms with Gasteiger partial charge in [0, 0.05) is 54.8 Å². The van der Waals surface area contributed by atoms with Gasteiger partial charge in [-0.25, -0.2) is 4.79 Å². The highest BCUT2D eigenvalue weighted by Gasteiger charge is 2.45. The van der Waals surface area contributed by atoms with Gasteiger partial charge in [-0.2, -0.15) is 0 Å². The highest BCUT2D eigenvalue weighted by molar-refractivity contribution is 9.08. The van der Waals surface area contributed by atoms with Gasteiger partial charge in [0.05, 0.1) is 19.1 Å². The number of Topliss-reactive ketones (excluding diaryl/α,β-unsaturated/α-hetero) is 1. The van der Waals surface area contributed by atoms with Crippen molar-refractivity contribution < 1.29 is 33.5 Å². The Kier molecular flexibility index (Phi) is 13.8. The summed E-state index contributed by atoms with van der Waals surface area (Å²) < 4.78 is 4.90. The molecule has 2 aliphatic rings. The number of ketones is 1. The van der Waals surface area contributed by atoms with E-state index >= 15 is 0 Å². The van der Waals surface area contributed by atoms with Crippen LogP contribution in [0.3, 0.4) is 0 Å². The number of piperidine rings is 1. The van der Waals surface area contributed by atoms with Crippen molar-refractivity contribution in [2.45, 2.75) is 95.1 Å². The Labute approximate surface area is 273 Å². The molecule has 12 nitrogen and oxygen atoms in total. The minimum atomic E-state index is -0.836. The zero-order chi connectivity index (χ0) is 33.1. The second-order valence-electron chi connectivity index (χ2n) is 12.3. The molecule has 0 radical (unpaired) electrons. The number of carbonyl (C=O) groups excluding carboxylic acids is 6. The molecule has 1 aromatic rings. The fraction of sp³-hybridized carbons (Fsp3) is 0.625. The summed E-state index contributed by atoms with van der Waals surface area (Å²) in [5.74, 6) is -2.56. The van der Waals surface area contributed by atoms with E-state index in [2.05, 4.69) is 31.9 Å². The largest absolute Gasteiger partial charge is 0.469 e. The monoisotopic (exact) mass is 691 g/mol. The molecule has 248 valence electrons. The molecule has 45 heavy (non-hydrogen) atoms. The van der Waals surface area contributed by atoms with Crippen molar-refractivity contribution in [3.63, 3.8) is 0 Å². The number of carbonyl (C=O) groups is 6. The number of amides is 5. The molecule has 13 heteroatoms. The van der Waals surface area contributed by atoms with Crippen molar-refractivity contribution in [2.75, 3.05) is 19.0 Å². The van der Waals surface area contributed by atoms with Crippen LogP contribution in [0, 0.1) is 17.8 Å². The van der Waals surface area contributed by atoms with Gasteiger partial charge in [-0.1, -0.05) is 41.9 Å². The maximum absolute atomic E-state index is 13.5. The van der Waals surface area contributed by atoms with Crippen LogP contribution in [0.4, 0.5) is 10.5 Å². The van der Waals surface area contributed by atoms with Gasteiger partial charge in [-0.05, 0) is 62.1 Å². The molecule has 5 N–H and O–H groups in total. The zero-order valence-corrected chi connectivity index (χ0v) is 27.9. The highest BCUT2D eigenvalue weighted by atomic mass is 79.9. The van der Waals surface area contributed by atoms with Crippen molar-refractivity contribution in [2.24, 2.45) is 23.5 Å². The number of urea groups is 1. The predicted molar refractivity (Wildman–Crippen MR) is 172 cm³/mol. The molecular weight excluding hydrogens is 646 g/mol. The minimum Gasteiger partial charge on any atom is -0.469 e. The van der Waals surface area contributed by atoms with Crippen LogP contribution in [0.25, 0.3) is 0 Å². The number of esters is 1. The van der Waals surface area contributed by atoms with Crippen LogP contribution >= 0.6 is 15.9 Å². The van der Waals surface area contributed by atoms with E-state index in [1.54, 1.807) is 12.1 Å². The second-order valence-corrected chi connectivity index (χ2v) is 12.8. The lowest BCUT2D eigenvalue weighted by molar-refractivity contribution is -0.151. The number of alkyl halides is 1. The van der Waals surface area contributed by atoms with E-state index < -0.39 is 23.9 Å². The van der Waals surface area contributed by atoms with Crippen LogP contribution in [0.5, 0.6) is 0 Å². The lowest BCUT2D eigenvalue weighted by atomic mass is 9.89. The van der Waals surface area contributed by atoms with Crippen molar-refractivity contribution >= 4 is 57.1 Å². The predicted octanol–water partition coefficient (Wildman–Crippen LogP) is 3.41. The maximum atomic E-state index is 13.5. The molecule has 2 bridgehead atoms. The number of hydrogen-bond donors (Lipinski definition) is 4. The molecule has 3 rings (SSSR count). The lowest BCUT2D eigenvalue weighted by Crippen LogP contribution is -2.49. The molecule has 2 aliphatic heterocycles. The molecule has 0 aromatic heterocycles. The van der Waals surface area contributed by atoms with Crippen LogP contribution in [-0.2, 0) is 34.0 Å². The fourth-order valence-corrected chi connectivity index (χ4v) is 6.71. The molecule has 1 aromatic carbocycles. The van der Waals surface area contributed by atoms with Gasteiger partial charge in [-0.3, -0.25) is 24.0 Å². The van der Waals surface area contributed by atoms with E-state index in [0.29, 0.717) is 36.7 Å². The van der Waals surface area contributed by atoms with Gasteiger partial charge in [0.2, 0.25) is 17.7 Å². The summed E-state index contributed by atoms with van der Waals surface area (Å²) >= 11 is 3.39. The van der Waals surface area contributed by atoms with Crippen LogP contribution in [0.15, 0.2) is 24.3 Å². The summed E-state index contributed by atoms with van der Waals surface area (Å²) in [4.78, 5) is 77.8. The Balaban J connectivity index is 1.58. The SMILES string of the molecule is COC(=O)C1CC2CCC(C1)N2C(=O)CCC(=O)N[C@H](C(=O)C[C@@H](CCCNC(N)=O)C(=O)Nc1ccc(CBr)cc1)C(C)C. The molecule has 5 amide bonds. The average molecular weight is 693 g/mol. The highest BCUT2D eigenvalue weighted by Crippen LogP contribution is 2.39. The smallest absolute Gasteiger partial charge is 0.312 e. The van der Waals surface area contributed by atoms with Crippen molar-refractivity contribution in [3.8, 4) is 0 Å². The molecule has 2 fully saturated rings. The van der Waals surface area contributed by atoms with Crippen LogP contribution in [0.1, 0.15) is 77.2 Å². The van der Waals surface area contributed by atoms with Gasteiger partial charge in [0.25, 0.3) is 0 Å². The first-order valence-electron chi connectivity index (χ1n) is 15.6. The third kappa shape index (κ3) is 10.5. The van der Waals surface area contributed by atoms with Gasteiger partial charge in [0.1, 0.15) is 0 Å². The number of nitrogens with two attached hydrogens (primary N) is 1. The molecule has 2 saturated heterocycles. The number of benzene rings is 1. The Morgan fingerprint density at radius 3 is 2.22 bits per heavy atom. The lowest BCUT2D eigenvalue weighted by Gasteiger charge is -2.38. The van der Waals surface area contributed by atoms with E-state index in [1.165, 1.54) is 7.11 Å². The quantitative estimate of drug-likeness (QED) is 0.117. The summed E-state index contributed by atoms with van der Waals surface area (Å²) in [5, 5.41) is 8.85. The molecular formula is C32H46BrN5O7. The number of anilines is 1. The van der Waals surface area contributed by atoms with Crippen LogP contribution in [0.2, 0.25) is 0 Å². The number of primary amides is 1. The Morgan fingerprint density at radius 1 is 1.02 bits per heavy atom. The first-order chi connectivity index (χ1) is 21.4. The maximum Gasteiger partial charge on any atom is 0.312 e. The van der Waals surface area contributed by atoms with Gasteiger partial charge >= 0.3 is 12.0 Å². The summed E-state index contributed by atoms with van der Waals surface area (Å²) in [6.45, 7) is 3.89. The first kappa shape index (κ1) is 36.0. The number of nitrogens with one attached hydrogen (secondary N) is 3. The van der Waals surface area contributed by atoms with E-state index in [4.69, 9.17) is 10.5 Å². The summed E-state index contributed by atoms with van der Waals surface area (Å²) in [6.07, 6.45) is 3.37. The van der Waals surface area contributed by atoms with Gasteiger partial charge < -0.3 is 31.3 Å². The average Bonchev–Trinajstić information content (AvgIpc) is 3.28.